The fraction of sp³-hybridized carbons (Fsp3) is 0.944. The highest BCUT2D eigenvalue weighted by Gasteiger charge is 2.05. The summed E-state index contributed by atoms with van der Waals surface area (Å²) in [7, 11) is 6.43. The van der Waals surface area contributed by atoms with Gasteiger partial charge in [-0.3, -0.25) is 4.79 Å². The number of carbonyl (C=O) groups excluding carboxylic acids is 1. The van der Waals surface area contributed by atoms with Crippen molar-refractivity contribution in [3.63, 3.8) is 0 Å². The average Bonchev–Trinajstić information content (AvgIpc) is 2.44. The molecule has 0 aromatic rings. The van der Waals surface area contributed by atoms with E-state index in [0.717, 1.165) is 36.5 Å². The summed E-state index contributed by atoms with van der Waals surface area (Å²) in [6, 6.07) is 0. The second-order valence-electron chi connectivity index (χ2n) is 7.58. The summed E-state index contributed by atoms with van der Waals surface area (Å²) in [5.74, 6) is 0.859. The maximum atomic E-state index is 11.6. The number of likely N-dealkylation sites (N-methyl/N-ethyl adjacent to an activating group) is 1. The van der Waals surface area contributed by atoms with E-state index in [2.05, 4.69) is 40.3 Å². The third-order valence-corrected chi connectivity index (χ3v) is 3.53. The van der Waals surface area contributed by atoms with Gasteiger partial charge in [0.25, 0.3) is 0 Å². The van der Waals surface area contributed by atoms with E-state index < -0.39 is 0 Å². The zero-order chi connectivity index (χ0) is 17.6. The molecule has 0 atom stereocenters. The molecule has 0 rings (SSSR count). The smallest absolute Gasteiger partial charge is 0.222 e. The number of amides is 1. The van der Waals surface area contributed by atoms with Crippen LogP contribution in [-0.2, 0) is 14.3 Å². The maximum absolute atomic E-state index is 11.6. The van der Waals surface area contributed by atoms with Crippen molar-refractivity contribution >= 4 is 5.91 Å². The average molecular weight is 332 g/mol. The Kier molecular flexibility index (Phi) is 13.4. The van der Waals surface area contributed by atoms with Crippen molar-refractivity contribution in [2.24, 2.45) is 5.92 Å². The Bertz CT molecular complexity index is 288. The second-order valence-corrected chi connectivity index (χ2v) is 7.58. The Morgan fingerprint density at radius 2 is 1.61 bits per heavy atom. The van der Waals surface area contributed by atoms with Gasteiger partial charge in [-0.1, -0.05) is 33.1 Å². The number of ether oxygens (including phenoxy) is 2. The molecule has 0 saturated carbocycles. The first kappa shape index (κ1) is 22.4. The van der Waals surface area contributed by atoms with Gasteiger partial charge in [0.2, 0.25) is 5.91 Å². The monoisotopic (exact) mass is 331 g/mol. The molecular weight excluding hydrogens is 292 g/mol. The van der Waals surface area contributed by atoms with Crippen molar-refractivity contribution < 1.29 is 18.8 Å². The van der Waals surface area contributed by atoms with Crippen LogP contribution in [0.2, 0.25) is 0 Å². The van der Waals surface area contributed by atoms with Gasteiger partial charge in [-0.25, -0.2) is 0 Å². The Morgan fingerprint density at radius 3 is 2.22 bits per heavy atom. The van der Waals surface area contributed by atoms with Crippen LogP contribution in [0, 0.1) is 5.92 Å². The van der Waals surface area contributed by atoms with Crippen LogP contribution in [0.3, 0.4) is 0 Å². The van der Waals surface area contributed by atoms with Gasteiger partial charge < -0.3 is 19.3 Å². The Balaban J connectivity index is 3.25. The summed E-state index contributed by atoms with van der Waals surface area (Å²) in [6.07, 6.45) is 5.23. The lowest BCUT2D eigenvalue weighted by Gasteiger charge is -2.23. The molecule has 0 saturated heterocycles. The highest BCUT2D eigenvalue weighted by molar-refractivity contribution is 5.75. The molecule has 1 N–H and O–H groups in total. The Morgan fingerprint density at radius 1 is 0.957 bits per heavy atom. The molecule has 1 amide bonds. The molecular formula is C18H39N2O3+. The molecule has 0 fully saturated rings. The molecule has 0 bridgehead atoms. The van der Waals surface area contributed by atoms with E-state index in [0.29, 0.717) is 26.2 Å². The minimum Gasteiger partial charge on any atom is -0.379 e. The van der Waals surface area contributed by atoms with Crippen molar-refractivity contribution in [1.82, 2.24) is 5.32 Å². The molecule has 23 heavy (non-hydrogen) atoms. The summed E-state index contributed by atoms with van der Waals surface area (Å²) >= 11 is 0. The molecule has 138 valence electrons. The van der Waals surface area contributed by atoms with Crippen LogP contribution in [0.25, 0.3) is 0 Å². The van der Waals surface area contributed by atoms with Crippen LogP contribution in [0.4, 0.5) is 0 Å². The molecule has 0 unspecified atom stereocenters. The summed E-state index contributed by atoms with van der Waals surface area (Å²) in [6.45, 7) is 8.62. The molecule has 0 radical (unpaired) electrons. The Hall–Kier alpha value is -0.650. The van der Waals surface area contributed by atoms with Gasteiger partial charge in [0.15, 0.2) is 0 Å². The van der Waals surface area contributed by atoms with Gasteiger partial charge in [-0.05, 0) is 12.3 Å². The summed E-state index contributed by atoms with van der Waals surface area (Å²) < 4.78 is 11.8. The molecule has 0 aliphatic heterocycles. The molecule has 0 aromatic carbocycles. The van der Waals surface area contributed by atoms with Gasteiger partial charge in [0.05, 0.1) is 47.6 Å². The minimum atomic E-state index is 0.0832. The highest BCUT2D eigenvalue weighted by Crippen LogP contribution is 2.07. The third-order valence-electron chi connectivity index (χ3n) is 3.53. The van der Waals surface area contributed by atoms with Crippen molar-refractivity contribution in [3.8, 4) is 0 Å². The summed E-state index contributed by atoms with van der Waals surface area (Å²) in [5, 5.41) is 2.95. The number of rotatable bonds is 15. The standard InChI is InChI=1S/C18H38N2O3/c1-17(2)9-7-6-8-11-19-18(21)10-13-22-15-16-23-14-12-20(3,4)5/h17H,6-16H2,1-5H3/p+1. The van der Waals surface area contributed by atoms with Gasteiger partial charge in [0.1, 0.15) is 6.54 Å². The number of unbranched alkanes of at least 4 members (excludes halogenated alkanes) is 2. The number of carbonyl (C=O) groups is 1. The number of hydrogen-bond acceptors (Lipinski definition) is 3. The molecule has 0 aromatic heterocycles. The van der Waals surface area contributed by atoms with Crippen LogP contribution in [0.5, 0.6) is 0 Å². The maximum Gasteiger partial charge on any atom is 0.222 e. The molecule has 5 nitrogen and oxygen atoms in total. The largest absolute Gasteiger partial charge is 0.379 e. The lowest BCUT2D eigenvalue weighted by Crippen LogP contribution is -2.37. The van der Waals surface area contributed by atoms with E-state index in [9.17, 15) is 4.79 Å². The first-order valence-corrected chi connectivity index (χ1v) is 9.04. The summed E-state index contributed by atoms with van der Waals surface area (Å²) in [4.78, 5) is 11.6. The zero-order valence-corrected chi connectivity index (χ0v) is 16.0. The Labute approximate surface area is 143 Å². The first-order chi connectivity index (χ1) is 10.8. The van der Waals surface area contributed by atoms with Gasteiger partial charge in [-0.2, -0.15) is 0 Å². The fourth-order valence-electron chi connectivity index (χ4n) is 2.00. The van der Waals surface area contributed by atoms with Crippen LogP contribution >= 0.6 is 0 Å². The molecule has 0 aliphatic rings. The normalized spacial score (nSPS) is 11.9. The van der Waals surface area contributed by atoms with Crippen LogP contribution in [0.1, 0.15) is 46.0 Å². The van der Waals surface area contributed by atoms with Crippen molar-refractivity contribution in [2.75, 3.05) is 60.7 Å². The number of nitrogens with zero attached hydrogens (tertiary/aromatic N) is 1. The molecule has 0 heterocycles. The third kappa shape index (κ3) is 19.3. The number of quaternary nitrogens is 1. The lowest BCUT2D eigenvalue weighted by molar-refractivity contribution is -0.870. The van der Waals surface area contributed by atoms with Crippen LogP contribution in [-0.4, -0.2) is 71.1 Å². The SMILES string of the molecule is CC(C)CCCCCNC(=O)CCOCCOCC[N+](C)(C)C. The quantitative estimate of drug-likeness (QED) is 0.370. The highest BCUT2D eigenvalue weighted by atomic mass is 16.5. The van der Waals surface area contributed by atoms with Gasteiger partial charge >= 0.3 is 0 Å². The van der Waals surface area contributed by atoms with E-state index in [1.165, 1.54) is 19.3 Å². The predicted molar refractivity (Wildman–Crippen MR) is 95.5 cm³/mol. The van der Waals surface area contributed by atoms with Crippen molar-refractivity contribution in [3.05, 3.63) is 0 Å². The second kappa shape index (κ2) is 13.8. The predicted octanol–water partition coefficient (Wildman–Crippen LogP) is 2.45. The molecule has 0 spiro atoms. The minimum absolute atomic E-state index is 0.0832. The van der Waals surface area contributed by atoms with E-state index in [1.807, 2.05) is 0 Å². The van der Waals surface area contributed by atoms with Gasteiger partial charge in [-0.15, -0.1) is 0 Å². The topological polar surface area (TPSA) is 47.6 Å². The molecule has 5 heteroatoms. The first-order valence-electron chi connectivity index (χ1n) is 9.04. The van der Waals surface area contributed by atoms with Crippen LogP contribution in [0.15, 0.2) is 0 Å². The number of nitrogens with one attached hydrogen (secondary N) is 1. The van der Waals surface area contributed by atoms with E-state index in [-0.39, 0.29) is 5.91 Å². The van der Waals surface area contributed by atoms with E-state index in [4.69, 9.17) is 9.47 Å². The van der Waals surface area contributed by atoms with Gasteiger partial charge in [0, 0.05) is 13.0 Å². The lowest BCUT2D eigenvalue weighted by atomic mass is 10.1. The number of hydrogen-bond donors (Lipinski definition) is 1. The molecule has 0 aliphatic carbocycles. The van der Waals surface area contributed by atoms with Crippen molar-refractivity contribution in [2.45, 2.75) is 46.0 Å². The van der Waals surface area contributed by atoms with E-state index >= 15 is 0 Å². The van der Waals surface area contributed by atoms with Crippen molar-refractivity contribution in [1.29, 1.82) is 0 Å². The zero-order valence-electron chi connectivity index (χ0n) is 16.0. The summed E-state index contributed by atoms with van der Waals surface area (Å²) in [5.41, 5.74) is 0. The fourth-order valence-corrected chi connectivity index (χ4v) is 2.00. The van der Waals surface area contributed by atoms with E-state index in [1.54, 1.807) is 0 Å². The van der Waals surface area contributed by atoms with Crippen LogP contribution < -0.4 is 5.32 Å².